The Morgan fingerprint density at radius 2 is 1.69 bits per heavy atom. The SMILES string of the molecule is COc1ccc(CN2CCN(C3CC4(CCN(c5ccc(C(=O)NS(=O)(=O)c6ccc(NCC7CCC(C)(O)CC7)c([N+](=O)[O-])c6)c(Oc6cnc7[nH]ccc7c6)c5)CC4)C3)[C@H](c3ccccc3C(C)C)C2)cc1. The first-order valence-corrected chi connectivity index (χ1v) is 27.5. The summed E-state index contributed by atoms with van der Waals surface area (Å²) in [6.45, 7) is 12.3. The normalized spacial score (nSPS) is 21.6. The number of methoxy groups -OCH3 is 1. The maximum atomic E-state index is 14.1. The molecule has 6 aromatic rings. The number of nitro groups is 1. The molecule has 4 fully saturated rings. The lowest BCUT2D eigenvalue weighted by Crippen LogP contribution is -2.60. The molecule has 17 heteroatoms. The standard InChI is InChI=1S/C57H68N8O8S/c1-38(2)47-7-5-6-8-48(47)52-37-62(36-40-9-12-44(72-4)13-10-40)27-28-64(52)43-32-57(33-43)22-25-63(26-23-57)42-11-15-49(53(30-42)73-45-29-41-19-24-58-54(41)60-35-45)55(66)61-74(70,71)46-14-16-50(51(31-46)65(68)69)59-34-39-17-20-56(3,67)21-18-39/h5-16,19,24,29-31,35,38-39,43,52,59,67H,17-18,20-23,25-28,32-34,36-37H2,1-4H3,(H,58,60)(H,61,66)/t39?,52-,56?/m0/s1. The predicted octanol–water partition coefficient (Wildman–Crippen LogP) is 10.2. The summed E-state index contributed by atoms with van der Waals surface area (Å²) in [5, 5.41) is 26.5. The van der Waals surface area contributed by atoms with Crippen LogP contribution in [0.4, 0.5) is 17.1 Å². The molecule has 0 bridgehead atoms. The number of H-pyrrole nitrogens is 1. The largest absolute Gasteiger partial charge is 0.497 e. The topological polar surface area (TPSA) is 195 Å². The van der Waals surface area contributed by atoms with Crippen molar-refractivity contribution in [1.82, 2.24) is 24.5 Å². The van der Waals surface area contributed by atoms with Crippen molar-refractivity contribution in [2.45, 2.75) is 107 Å². The zero-order valence-corrected chi connectivity index (χ0v) is 43.6. The number of aliphatic hydroxyl groups is 1. The van der Waals surface area contributed by atoms with Gasteiger partial charge in [0.2, 0.25) is 0 Å². The molecule has 1 spiro atoms. The number of nitrogens with zero attached hydrogens (tertiary/aromatic N) is 5. The van der Waals surface area contributed by atoms with Crippen molar-refractivity contribution in [2.24, 2.45) is 11.3 Å². The molecule has 4 aliphatic rings. The molecule has 2 aliphatic heterocycles. The van der Waals surface area contributed by atoms with Crippen molar-refractivity contribution >= 4 is 44.0 Å². The van der Waals surface area contributed by atoms with E-state index >= 15 is 0 Å². The lowest BCUT2D eigenvalue weighted by atomic mass is 9.59. The Hall–Kier alpha value is -6.53. The molecule has 2 aliphatic carbocycles. The van der Waals surface area contributed by atoms with E-state index in [2.05, 4.69) is 85.0 Å². The number of nitrogens with one attached hydrogen (secondary N) is 3. The number of aromatic amines is 1. The van der Waals surface area contributed by atoms with Gasteiger partial charge >= 0.3 is 0 Å². The molecule has 10 rings (SSSR count). The fraction of sp³-hybridized carbons (Fsp3) is 0.439. The van der Waals surface area contributed by atoms with Crippen LogP contribution < -0.4 is 24.4 Å². The van der Waals surface area contributed by atoms with Crippen LogP contribution in [0.2, 0.25) is 0 Å². The Kier molecular flexibility index (Phi) is 14.5. The molecule has 16 nitrogen and oxygen atoms in total. The molecule has 2 aromatic heterocycles. The van der Waals surface area contributed by atoms with Crippen molar-refractivity contribution in [3.63, 3.8) is 0 Å². The van der Waals surface area contributed by atoms with Gasteiger partial charge in [0.05, 0.1) is 34.3 Å². The lowest BCUT2D eigenvalue weighted by Gasteiger charge is -2.58. The van der Waals surface area contributed by atoms with Gasteiger partial charge < -0.3 is 29.8 Å². The highest BCUT2D eigenvalue weighted by Gasteiger charge is 2.50. The van der Waals surface area contributed by atoms with Gasteiger partial charge in [-0.15, -0.1) is 0 Å². The maximum absolute atomic E-state index is 14.1. The number of anilines is 2. The molecule has 74 heavy (non-hydrogen) atoms. The molecule has 2 saturated carbocycles. The van der Waals surface area contributed by atoms with Crippen LogP contribution in [0.5, 0.6) is 17.2 Å². The number of ether oxygens (including phenoxy) is 2. The fourth-order valence-electron chi connectivity index (χ4n) is 11.9. The monoisotopic (exact) mass is 1020 g/mol. The Balaban J connectivity index is 0.830. The number of sulfonamides is 1. The molecule has 0 radical (unpaired) electrons. The summed E-state index contributed by atoms with van der Waals surface area (Å²) in [5.41, 5.74) is 4.87. The number of piperazine rings is 1. The minimum absolute atomic E-state index is 0.0289. The number of aromatic nitrogens is 2. The third-order valence-electron chi connectivity index (χ3n) is 16.3. The van der Waals surface area contributed by atoms with Crippen LogP contribution in [0, 0.1) is 21.4 Å². The van der Waals surface area contributed by atoms with Gasteiger partial charge in [-0.05, 0) is 141 Å². The first kappa shape index (κ1) is 51.0. The van der Waals surface area contributed by atoms with Crippen molar-refractivity contribution in [1.29, 1.82) is 0 Å². The molecule has 1 amide bonds. The lowest BCUT2D eigenvalue weighted by molar-refractivity contribution is -0.384. The fourth-order valence-corrected chi connectivity index (χ4v) is 12.9. The van der Waals surface area contributed by atoms with Gasteiger partial charge in [0.25, 0.3) is 21.6 Å². The Morgan fingerprint density at radius 1 is 0.932 bits per heavy atom. The van der Waals surface area contributed by atoms with Crippen molar-refractivity contribution < 1.29 is 32.7 Å². The summed E-state index contributed by atoms with van der Waals surface area (Å²) in [4.78, 5) is 40.5. The zero-order chi connectivity index (χ0) is 51.8. The van der Waals surface area contributed by atoms with Crippen LogP contribution >= 0.6 is 0 Å². The number of nitro benzene ring substituents is 1. The minimum Gasteiger partial charge on any atom is -0.497 e. The highest BCUT2D eigenvalue weighted by atomic mass is 32.2. The van der Waals surface area contributed by atoms with Gasteiger partial charge in [-0.3, -0.25) is 24.7 Å². The van der Waals surface area contributed by atoms with E-state index in [1.165, 1.54) is 28.8 Å². The maximum Gasteiger partial charge on any atom is 0.293 e. The van der Waals surface area contributed by atoms with Crippen LogP contribution in [0.25, 0.3) is 11.0 Å². The minimum atomic E-state index is -4.59. The molecular formula is C57H68N8O8S. The summed E-state index contributed by atoms with van der Waals surface area (Å²) < 4.78 is 41.7. The van der Waals surface area contributed by atoms with Crippen LogP contribution in [0.3, 0.4) is 0 Å². The Labute approximate surface area is 433 Å². The summed E-state index contributed by atoms with van der Waals surface area (Å²) in [6, 6.07) is 30.6. The molecule has 0 unspecified atom stereocenters. The van der Waals surface area contributed by atoms with Crippen LogP contribution in [0.15, 0.2) is 114 Å². The van der Waals surface area contributed by atoms with Crippen LogP contribution in [-0.2, 0) is 16.6 Å². The van der Waals surface area contributed by atoms with E-state index in [4.69, 9.17) is 9.47 Å². The van der Waals surface area contributed by atoms with Gasteiger partial charge in [0.1, 0.15) is 28.6 Å². The number of hydrogen-bond donors (Lipinski definition) is 4. The first-order chi connectivity index (χ1) is 35.5. The van der Waals surface area contributed by atoms with E-state index in [1.807, 2.05) is 31.2 Å². The van der Waals surface area contributed by atoms with E-state index in [9.17, 15) is 28.4 Å². The molecule has 4 N–H and O–H groups in total. The molecule has 4 heterocycles. The third-order valence-corrected chi connectivity index (χ3v) is 17.7. The second-order valence-electron chi connectivity index (χ2n) is 21.7. The number of benzene rings is 4. The highest BCUT2D eigenvalue weighted by molar-refractivity contribution is 7.90. The van der Waals surface area contributed by atoms with Crippen LogP contribution in [-0.4, -0.2) is 102 Å². The summed E-state index contributed by atoms with van der Waals surface area (Å²) in [7, 11) is -2.89. The van der Waals surface area contributed by atoms with E-state index in [0.717, 1.165) is 101 Å². The second kappa shape index (κ2) is 21.0. The predicted molar refractivity (Wildman–Crippen MR) is 287 cm³/mol. The van der Waals surface area contributed by atoms with Gasteiger partial charge in [-0.25, -0.2) is 18.1 Å². The molecule has 2 saturated heterocycles. The summed E-state index contributed by atoms with van der Waals surface area (Å²) >= 11 is 0. The second-order valence-corrected chi connectivity index (χ2v) is 23.4. The molecule has 4 aromatic carbocycles. The average molecular weight is 1030 g/mol. The van der Waals surface area contributed by atoms with Crippen LogP contribution in [0.1, 0.15) is 111 Å². The Bertz CT molecular complexity index is 3100. The summed E-state index contributed by atoms with van der Waals surface area (Å²) in [5.74, 6) is 1.04. The number of piperidine rings is 1. The smallest absolute Gasteiger partial charge is 0.293 e. The van der Waals surface area contributed by atoms with Crippen molar-refractivity contribution in [2.75, 3.05) is 56.6 Å². The molecule has 390 valence electrons. The highest BCUT2D eigenvalue weighted by Crippen LogP contribution is 2.53. The number of pyridine rings is 1. The van der Waals surface area contributed by atoms with Gasteiger partial charge in [0.15, 0.2) is 0 Å². The van der Waals surface area contributed by atoms with Crippen molar-refractivity contribution in [3.05, 3.63) is 142 Å². The Morgan fingerprint density at radius 3 is 2.42 bits per heavy atom. The van der Waals surface area contributed by atoms with Gasteiger partial charge in [0, 0.05) is 87.3 Å². The number of hydrogen-bond acceptors (Lipinski definition) is 13. The quantitative estimate of drug-likeness (QED) is 0.0529. The van der Waals surface area contributed by atoms with Crippen molar-refractivity contribution in [3.8, 4) is 17.2 Å². The van der Waals surface area contributed by atoms with E-state index in [-0.39, 0.29) is 28.3 Å². The number of amides is 1. The van der Waals surface area contributed by atoms with E-state index in [1.54, 1.807) is 37.7 Å². The number of carbonyl (C=O) groups is 1. The zero-order valence-electron chi connectivity index (χ0n) is 42.8. The number of rotatable bonds is 16. The number of carbonyl (C=O) groups excluding carboxylic acids is 1. The third kappa shape index (κ3) is 11.1. The number of fused-ring (bicyclic) bond motifs is 1. The van der Waals surface area contributed by atoms with Gasteiger partial charge in [-0.2, -0.15) is 0 Å². The van der Waals surface area contributed by atoms with E-state index < -0.39 is 37.0 Å². The van der Waals surface area contributed by atoms with E-state index in [0.29, 0.717) is 48.8 Å². The summed E-state index contributed by atoms with van der Waals surface area (Å²) in [6.07, 6.45) is 10.4. The molecular weight excluding hydrogens is 957 g/mol. The molecule has 1 atom stereocenters. The average Bonchev–Trinajstić information content (AvgIpc) is 3.86. The first-order valence-electron chi connectivity index (χ1n) is 26.1. The van der Waals surface area contributed by atoms with Gasteiger partial charge in [-0.1, -0.05) is 50.2 Å².